The minimum absolute atomic E-state index is 0.0717. The van der Waals surface area contributed by atoms with E-state index in [1.807, 2.05) is 28.5 Å². The monoisotopic (exact) mass is 386 g/mol. The van der Waals surface area contributed by atoms with Gasteiger partial charge in [0.05, 0.1) is 19.0 Å². The normalized spacial score (nSPS) is 22.3. The van der Waals surface area contributed by atoms with Crippen molar-refractivity contribution in [2.24, 2.45) is 5.92 Å². The van der Waals surface area contributed by atoms with Gasteiger partial charge in [-0.2, -0.15) is 0 Å². The van der Waals surface area contributed by atoms with Gasteiger partial charge in [-0.15, -0.1) is 11.3 Å². The number of hydrogen-bond acceptors (Lipinski definition) is 4. The molecule has 0 bridgehead atoms. The van der Waals surface area contributed by atoms with Crippen molar-refractivity contribution in [2.45, 2.75) is 64.1 Å². The second-order valence-corrected chi connectivity index (χ2v) is 8.83. The number of rotatable bonds is 8. The summed E-state index contributed by atoms with van der Waals surface area (Å²) in [5, 5.41) is 4.89. The molecule has 0 radical (unpaired) electrons. The van der Waals surface area contributed by atoms with E-state index in [-0.39, 0.29) is 24.3 Å². The zero-order valence-corrected chi connectivity index (χ0v) is 16.6. The summed E-state index contributed by atoms with van der Waals surface area (Å²) in [6, 6.07) is 8.01. The van der Waals surface area contributed by atoms with Crippen LogP contribution in [-0.2, 0) is 16.1 Å². The Hall–Kier alpha value is -2.08. The Morgan fingerprint density at radius 2 is 2.11 bits per heavy atom. The van der Waals surface area contributed by atoms with Crippen LogP contribution in [0.25, 0.3) is 0 Å². The number of carbonyl (C=O) groups is 2. The molecule has 0 spiro atoms. The van der Waals surface area contributed by atoms with Crippen molar-refractivity contribution in [2.75, 3.05) is 0 Å². The van der Waals surface area contributed by atoms with Crippen molar-refractivity contribution in [3.63, 3.8) is 0 Å². The topological polar surface area (TPSA) is 62.6 Å². The maximum Gasteiger partial charge on any atom is 0.225 e. The van der Waals surface area contributed by atoms with Gasteiger partial charge in [0.2, 0.25) is 11.8 Å². The first kappa shape index (κ1) is 18.3. The fraction of sp³-hybridized carbons (Fsp3) is 0.524. The lowest BCUT2D eigenvalue weighted by Gasteiger charge is -2.24. The maximum atomic E-state index is 13.1. The highest BCUT2D eigenvalue weighted by Gasteiger charge is 2.38. The molecule has 2 aromatic heterocycles. The first-order chi connectivity index (χ1) is 13.0. The van der Waals surface area contributed by atoms with Gasteiger partial charge in [-0.3, -0.25) is 9.59 Å². The third kappa shape index (κ3) is 4.43. The predicted octanol–water partition coefficient (Wildman–Crippen LogP) is 4.22. The van der Waals surface area contributed by atoms with Gasteiger partial charge in [0.15, 0.2) is 0 Å². The quantitative estimate of drug-likeness (QED) is 0.739. The first-order valence-corrected chi connectivity index (χ1v) is 10.6. The number of thiophene rings is 1. The van der Waals surface area contributed by atoms with Gasteiger partial charge in [-0.1, -0.05) is 13.0 Å². The molecular weight excluding hydrogens is 360 g/mol. The van der Waals surface area contributed by atoms with E-state index >= 15 is 0 Å². The van der Waals surface area contributed by atoms with Gasteiger partial charge in [0.1, 0.15) is 11.5 Å². The molecule has 2 fully saturated rings. The van der Waals surface area contributed by atoms with E-state index in [1.54, 1.807) is 11.3 Å². The summed E-state index contributed by atoms with van der Waals surface area (Å²) in [7, 11) is 0. The molecule has 6 heteroatoms. The molecule has 3 unspecified atom stereocenters. The summed E-state index contributed by atoms with van der Waals surface area (Å²) < 4.78 is 6.02. The number of amides is 2. The van der Waals surface area contributed by atoms with Crippen LogP contribution in [0.2, 0.25) is 0 Å². The zero-order chi connectivity index (χ0) is 19.0. The Morgan fingerprint density at radius 1 is 1.33 bits per heavy atom. The highest BCUT2D eigenvalue weighted by atomic mass is 32.1. The summed E-state index contributed by atoms with van der Waals surface area (Å²) in [6.07, 6.45) is 3.56. The van der Waals surface area contributed by atoms with E-state index in [1.165, 1.54) is 13.3 Å². The predicted molar refractivity (Wildman–Crippen MR) is 104 cm³/mol. The third-order valence-electron chi connectivity index (χ3n) is 5.43. The summed E-state index contributed by atoms with van der Waals surface area (Å²) in [5.74, 6) is 3.11. The Morgan fingerprint density at radius 3 is 2.70 bits per heavy atom. The summed E-state index contributed by atoms with van der Waals surface area (Å²) in [4.78, 5) is 27.6. The number of carbonyl (C=O) groups excluding carboxylic acids is 2. The van der Waals surface area contributed by atoms with Crippen molar-refractivity contribution < 1.29 is 14.0 Å². The van der Waals surface area contributed by atoms with Gasteiger partial charge in [-0.25, -0.2) is 0 Å². The first-order valence-electron chi connectivity index (χ1n) is 9.70. The minimum Gasteiger partial charge on any atom is -0.464 e. The molecule has 2 saturated carbocycles. The standard InChI is InChI=1S/C21H26N2O3S/c1-13-10-17(13)19-8-7-16(26-19)12-23(15-5-6-15)21(25)11-18(22-14(2)24)20-4-3-9-27-20/h3-4,7-9,13,15,17-18H,5-6,10-12H2,1-2H3,(H,22,24). The van der Waals surface area contributed by atoms with Crippen LogP contribution in [0, 0.1) is 5.92 Å². The molecule has 5 nitrogen and oxygen atoms in total. The minimum atomic E-state index is -0.268. The fourth-order valence-corrected chi connectivity index (χ4v) is 4.40. The van der Waals surface area contributed by atoms with E-state index in [2.05, 4.69) is 18.3 Å². The van der Waals surface area contributed by atoms with Crippen molar-refractivity contribution in [3.05, 3.63) is 46.0 Å². The Labute approximate surface area is 163 Å². The molecule has 1 N–H and O–H groups in total. The molecule has 2 heterocycles. The Bertz CT molecular complexity index is 809. The summed E-state index contributed by atoms with van der Waals surface area (Å²) in [5.41, 5.74) is 0. The summed E-state index contributed by atoms with van der Waals surface area (Å²) in [6.45, 7) is 4.24. The van der Waals surface area contributed by atoms with Crippen LogP contribution in [0.5, 0.6) is 0 Å². The lowest BCUT2D eigenvalue weighted by atomic mass is 10.1. The van der Waals surface area contributed by atoms with Gasteiger partial charge >= 0.3 is 0 Å². The largest absolute Gasteiger partial charge is 0.464 e. The molecule has 0 aromatic carbocycles. The van der Waals surface area contributed by atoms with Gasteiger partial charge in [0.25, 0.3) is 0 Å². The second kappa shape index (κ2) is 7.50. The number of nitrogens with one attached hydrogen (secondary N) is 1. The Kier molecular flexibility index (Phi) is 5.08. The van der Waals surface area contributed by atoms with Crippen LogP contribution in [0.3, 0.4) is 0 Å². The molecule has 144 valence electrons. The summed E-state index contributed by atoms with van der Waals surface area (Å²) >= 11 is 1.56. The molecule has 2 amide bonds. The van der Waals surface area contributed by atoms with Crippen LogP contribution in [0.15, 0.2) is 34.1 Å². The van der Waals surface area contributed by atoms with Crippen LogP contribution >= 0.6 is 11.3 Å². The average molecular weight is 387 g/mol. The fourth-order valence-electron chi connectivity index (χ4n) is 3.62. The number of furan rings is 1. The van der Waals surface area contributed by atoms with Crippen molar-refractivity contribution >= 4 is 23.2 Å². The van der Waals surface area contributed by atoms with Gasteiger partial charge in [-0.05, 0) is 48.8 Å². The molecular formula is C21H26N2O3S. The molecule has 27 heavy (non-hydrogen) atoms. The van der Waals surface area contributed by atoms with E-state index in [4.69, 9.17) is 4.42 Å². The van der Waals surface area contributed by atoms with E-state index in [0.29, 0.717) is 24.4 Å². The van der Waals surface area contributed by atoms with Crippen molar-refractivity contribution in [1.29, 1.82) is 0 Å². The van der Waals surface area contributed by atoms with Crippen LogP contribution in [0.1, 0.15) is 67.9 Å². The number of nitrogens with zero attached hydrogens (tertiary/aromatic N) is 1. The SMILES string of the molecule is CC(=O)NC(CC(=O)N(Cc1ccc(C2CC2C)o1)C1CC1)c1cccs1. The van der Waals surface area contributed by atoms with Crippen molar-refractivity contribution in [3.8, 4) is 0 Å². The molecule has 2 aromatic rings. The highest BCUT2D eigenvalue weighted by molar-refractivity contribution is 7.10. The van der Waals surface area contributed by atoms with Crippen LogP contribution in [-0.4, -0.2) is 22.8 Å². The highest BCUT2D eigenvalue weighted by Crippen LogP contribution is 2.47. The molecule has 4 rings (SSSR count). The lowest BCUT2D eigenvalue weighted by molar-refractivity contribution is -0.133. The zero-order valence-electron chi connectivity index (χ0n) is 15.8. The molecule has 2 aliphatic rings. The molecule has 3 atom stereocenters. The van der Waals surface area contributed by atoms with Gasteiger partial charge < -0.3 is 14.6 Å². The second-order valence-electron chi connectivity index (χ2n) is 7.85. The third-order valence-corrected chi connectivity index (χ3v) is 6.42. The lowest BCUT2D eigenvalue weighted by Crippen LogP contribution is -2.36. The smallest absolute Gasteiger partial charge is 0.225 e. The van der Waals surface area contributed by atoms with E-state index in [0.717, 1.165) is 29.2 Å². The van der Waals surface area contributed by atoms with Crippen LogP contribution < -0.4 is 5.32 Å². The van der Waals surface area contributed by atoms with E-state index in [9.17, 15) is 9.59 Å². The van der Waals surface area contributed by atoms with E-state index < -0.39 is 0 Å². The molecule has 0 saturated heterocycles. The Balaban J connectivity index is 1.44. The van der Waals surface area contributed by atoms with Gasteiger partial charge in [0, 0.05) is 23.8 Å². The molecule has 0 aliphatic heterocycles. The molecule has 2 aliphatic carbocycles. The van der Waals surface area contributed by atoms with Crippen LogP contribution in [0.4, 0.5) is 0 Å². The maximum absolute atomic E-state index is 13.1. The van der Waals surface area contributed by atoms with Crippen molar-refractivity contribution in [1.82, 2.24) is 10.2 Å². The average Bonchev–Trinajstić information content (AvgIpc) is 3.46. The number of hydrogen-bond donors (Lipinski definition) is 1.